The summed E-state index contributed by atoms with van der Waals surface area (Å²) in [6.07, 6.45) is 2.45. The molecule has 2 heterocycles. The zero-order valence-corrected chi connectivity index (χ0v) is 16.0. The number of hydrogen-bond acceptors (Lipinski definition) is 4. The molecule has 1 N–H and O–H groups in total. The van der Waals surface area contributed by atoms with Gasteiger partial charge in [0.15, 0.2) is 11.5 Å². The van der Waals surface area contributed by atoms with Gasteiger partial charge in [-0.3, -0.25) is 9.69 Å². The highest BCUT2D eigenvalue weighted by Gasteiger charge is 2.36. The fraction of sp³-hybridized carbons (Fsp3) is 0.350. The van der Waals surface area contributed by atoms with Crippen LogP contribution in [0.4, 0.5) is 0 Å². The lowest BCUT2D eigenvalue weighted by molar-refractivity contribution is -0.145. The van der Waals surface area contributed by atoms with Gasteiger partial charge in [-0.1, -0.05) is 41.8 Å². The predicted octanol–water partition coefficient (Wildman–Crippen LogP) is 4.75. The normalized spacial score (nSPS) is 20.4. The summed E-state index contributed by atoms with van der Waals surface area (Å²) >= 11 is 12.6. The van der Waals surface area contributed by atoms with E-state index in [0.29, 0.717) is 34.5 Å². The van der Waals surface area contributed by atoms with Gasteiger partial charge in [-0.2, -0.15) is 0 Å². The Bertz CT molecular complexity index is 873. The maximum atomic E-state index is 11.9. The van der Waals surface area contributed by atoms with E-state index in [1.807, 2.05) is 29.2 Å². The molecule has 1 saturated heterocycles. The summed E-state index contributed by atoms with van der Waals surface area (Å²) in [5.74, 6) is 0.533. The molecule has 5 nitrogen and oxygen atoms in total. The molecule has 7 heteroatoms. The molecule has 0 radical (unpaired) electrons. The Morgan fingerprint density at radius 3 is 2.70 bits per heavy atom. The third-order valence-electron chi connectivity index (χ3n) is 5.13. The molecular formula is C20H19Cl2NO4. The molecule has 0 spiro atoms. The van der Waals surface area contributed by atoms with Crippen molar-refractivity contribution in [2.75, 3.05) is 13.3 Å². The van der Waals surface area contributed by atoms with Gasteiger partial charge in [0, 0.05) is 10.0 Å². The van der Waals surface area contributed by atoms with Crippen LogP contribution >= 0.6 is 23.2 Å². The van der Waals surface area contributed by atoms with E-state index in [4.69, 9.17) is 32.7 Å². The number of carboxylic acids is 1. The molecule has 1 fully saturated rings. The second-order valence-electron chi connectivity index (χ2n) is 6.77. The third-order valence-corrected chi connectivity index (χ3v) is 5.69. The van der Waals surface area contributed by atoms with Crippen molar-refractivity contribution in [1.29, 1.82) is 0 Å². The van der Waals surface area contributed by atoms with Gasteiger partial charge in [-0.25, -0.2) is 0 Å². The second-order valence-corrected chi connectivity index (χ2v) is 7.61. The van der Waals surface area contributed by atoms with E-state index in [-0.39, 0.29) is 12.8 Å². The average molecular weight is 408 g/mol. The summed E-state index contributed by atoms with van der Waals surface area (Å²) < 4.78 is 10.9. The van der Waals surface area contributed by atoms with Crippen LogP contribution < -0.4 is 9.47 Å². The summed E-state index contributed by atoms with van der Waals surface area (Å²) in [7, 11) is 0. The van der Waals surface area contributed by atoms with Crippen molar-refractivity contribution in [3.8, 4) is 11.5 Å². The van der Waals surface area contributed by atoms with Crippen molar-refractivity contribution >= 4 is 29.2 Å². The van der Waals surface area contributed by atoms with Crippen LogP contribution in [0.2, 0.25) is 10.0 Å². The van der Waals surface area contributed by atoms with E-state index in [1.165, 1.54) is 0 Å². The second kappa shape index (κ2) is 7.58. The minimum Gasteiger partial charge on any atom is -0.480 e. The van der Waals surface area contributed by atoms with Gasteiger partial charge in [0.05, 0.1) is 6.04 Å². The lowest BCUT2D eigenvalue weighted by Crippen LogP contribution is -2.46. The van der Waals surface area contributed by atoms with E-state index in [2.05, 4.69) is 0 Å². The van der Waals surface area contributed by atoms with Crippen LogP contribution in [0.5, 0.6) is 11.5 Å². The molecule has 0 aliphatic carbocycles. The van der Waals surface area contributed by atoms with Gasteiger partial charge in [0.1, 0.15) is 6.04 Å². The van der Waals surface area contributed by atoms with E-state index in [9.17, 15) is 9.90 Å². The molecule has 0 aromatic heterocycles. The van der Waals surface area contributed by atoms with Crippen molar-refractivity contribution in [2.45, 2.75) is 31.3 Å². The minimum atomic E-state index is -0.814. The first-order chi connectivity index (χ1) is 13.0. The Kier molecular flexibility index (Phi) is 5.17. The van der Waals surface area contributed by atoms with Gasteiger partial charge < -0.3 is 14.6 Å². The molecule has 27 heavy (non-hydrogen) atoms. The lowest BCUT2D eigenvalue weighted by atomic mass is 9.91. The highest BCUT2D eigenvalue weighted by molar-refractivity contribution is 6.35. The molecule has 2 aromatic rings. The van der Waals surface area contributed by atoms with Gasteiger partial charge >= 0.3 is 5.97 Å². The molecule has 142 valence electrons. The fourth-order valence-corrected chi connectivity index (χ4v) is 4.40. The van der Waals surface area contributed by atoms with E-state index >= 15 is 0 Å². The van der Waals surface area contributed by atoms with E-state index in [1.54, 1.807) is 12.1 Å². The van der Waals surface area contributed by atoms with Crippen molar-refractivity contribution in [2.24, 2.45) is 0 Å². The molecule has 2 unspecified atom stereocenters. The number of likely N-dealkylation sites (tertiary alicyclic amines) is 1. The number of nitrogens with zero attached hydrogens (tertiary/aromatic N) is 1. The van der Waals surface area contributed by atoms with Crippen LogP contribution in [0.1, 0.15) is 36.4 Å². The molecule has 0 saturated carbocycles. The summed E-state index contributed by atoms with van der Waals surface area (Å²) in [4.78, 5) is 13.9. The molecule has 2 aliphatic rings. The first kappa shape index (κ1) is 18.4. The minimum absolute atomic E-state index is 0.187. The van der Waals surface area contributed by atoms with Crippen LogP contribution in [-0.2, 0) is 4.79 Å². The molecule has 4 rings (SSSR count). The standard InChI is InChI=1S/C20H19Cl2NO4/c21-13-5-6-14(15(22)10-13)19(23-8-2-1-3-16(23)20(24)25)12-4-7-17-18(9-12)27-11-26-17/h4-7,9-10,16,19H,1-3,8,11H2,(H,24,25). The first-order valence-corrected chi connectivity index (χ1v) is 9.63. The molecular weight excluding hydrogens is 389 g/mol. The molecule has 0 bridgehead atoms. The van der Waals surface area contributed by atoms with Crippen molar-refractivity contribution in [1.82, 2.24) is 4.90 Å². The van der Waals surface area contributed by atoms with Crippen molar-refractivity contribution < 1.29 is 19.4 Å². The van der Waals surface area contributed by atoms with Crippen molar-refractivity contribution in [3.63, 3.8) is 0 Å². The van der Waals surface area contributed by atoms with Crippen molar-refractivity contribution in [3.05, 3.63) is 57.6 Å². The summed E-state index contributed by atoms with van der Waals surface area (Å²) in [6, 6.07) is 10.2. The Hall–Kier alpha value is -1.95. The Morgan fingerprint density at radius 2 is 1.93 bits per heavy atom. The predicted molar refractivity (Wildman–Crippen MR) is 103 cm³/mol. The zero-order chi connectivity index (χ0) is 19.0. The maximum absolute atomic E-state index is 11.9. The van der Waals surface area contributed by atoms with Gasteiger partial charge in [0.25, 0.3) is 0 Å². The number of aliphatic carboxylic acids is 1. The quantitative estimate of drug-likeness (QED) is 0.791. The number of carboxylic acid groups (broad SMARTS) is 1. The molecule has 2 aliphatic heterocycles. The Labute approximate surface area is 167 Å². The summed E-state index contributed by atoms with van der Waals surface area (Å²) in [5.41, 5.74) is 1.74. The summed E-state index contributed by atoms with van der Waals surface area (Å²) in [6.45, 7) is 0.863. The van der Waals surface area contributed by atoms with Gasteiger partial charge in [0.2, 0.25) is 6.79 Å². The SMILES string of the molecule is O=C(O)C1CCCCN1C(c1ccc2c(c1)OCO2)c1ccc(Cl)cc1Cl. The number of benzene rings is 2. The number of piperidine rings is 1. The van der Waals surface area contributed by atoms with Gasteiger partial charge in [-0.15, -0.1) is 0 Å². The molecule has 2 aromatic carbocycles. The number of ether oxygens (including phenoxy) is 2. The number of rotatable bonds is 4. The van der Waals surface area contributed by atoms with Crippen LogP contribution in [0.15, 0.2) is 36.4 Å². The molecule has 0 amide bonds. The smallest absolute Gasteiger partial charge is 0.320 e. The largest absolute Gasteiger partial charge is 0.480 e. The third kappa shape index (κ3) is 3.59. The highest BCUT2D eigenvalue weighted by atomic mass is 35.5. The highest BCUT2D eigenvalue weighted by Crippen LogP contribution is 2.42. The maximum Gasteiger partial charge on any atom is 0.320 e. The number of fused-ring (bicyclic) bond motifs is 1. The first-order valence-electron chi connectivity index (χ1n) is 8.87. The topological polar surface area (TPSA) is 59.0 Å². The van der Waals surface area contributed by atoms with E-state index in [0.717, 1.165) is 24.0 Å². The number of carbonyl (C=O) groups is 1. The zero-order valence-electron chi connectivity index (χ0n) is 14.5. The van der Waals surface area contributed by atoms with E-state index < -0.39 is 12.0 Å². The molecule has 2 atom stereocenters. The Balaban J connectivity index is 1.83. The van der Waals surface area contributed by atoms with Crippen LogP contribution in [-0.4, -0.2) is 35.4 Å². The summed E-state index contributed by atoms with van der Waals surface area (Å²) in [5, 5.41) is 10.8. The lowest BCUT2D eigenvalue weighted by Gasteiger charge is -2.40. The number of hydrogen-bond donors (Lipinski definition) is 1. The Morgan fingerprint density at radius 1 is 1.11 bits per heavy atom. The number of halogens is 2. The average Bonchev–Trinajstić information content (AvgIpc) is 3.12. The van der Waals surface area contributed by atoms with Crippen LogP contribution in [0.3, 0.4) is 0 Å². The van der Waals surface area contributed by atoms with Crippen LogP contribution in [0.25, 0.3) is 0 Å². The van der Waals surface area contributed by atoms with Crippen LogP contribution in [0, 0.1) is 0 Å². The fourth-order valence-electron chi connectivity index (χ4n) is 3.88. The van der Waals surface area contributed by atoms with Gasteiger partial charge in [-0.05, 0) is 54.8 Å². The monoisotopic (exact) mass is 407 g/mol.